The standard InChI is InChI=1S/C44H49N7O4/c1-26(2)41(50-44(54)55-3)43(53)51-18-4-5-38(51)36-20-33(22-47-36)29-10-6-27(7-11-29)28-8-12-30(13-9-28)34-21-37(48-23-34)39-31-14-15-32(19-31)40(39)42(52)49-25-35-24-45-16-17-46-35/h6-13,16-17,22-24,26,31-32,38-41H,4-5,14-15,18-21,25H2,1-3H3,(H,49,52)(H,50,54)/t31?,32?,38-,39?,40-,41-/m0/s1. The maximum absolute atomic E-state index is 13.6. The molecule has 2 N–H and O–H groups in total. The number of hydrogen-bond acceptors (Lipinski definition) is 8. The zero-order valence-electron chi connectivity index (χ0n) is 31.8. The molecular weight excluding hydrogens is 691 g/mol. The summed E-state index contributed by atoms with van der Waals surface area (Å²) in [6.45, 7) is 4.90. The van der Waals surface area contributed by atoms with E-state index in [0.29, 0.717) is 31.3 Å². The second kappa shape index (κ2) is 15.7. The molecule has 8 rings (SSSR count). The third-order valence-electron chi connectivity index (χ3n) is 12.3. The van der Waals surface area contributed by atoms with E-state index in [1.165, 1.54) is 19.1 Å². The molecule has 3 unspecified atom stereocenters. The van der Waals surface area contributed by atoms with Crippen molar-refractivity contribution < 1.29 is 19.1 Å². The van der Waals surface area contributed by atoms with E-state index in [2.05, 4.69) is 69.1 Å². The monoisotopic (exact) mass is 739 g/mol. The lowest BCUT2D eigenvalue weighted by Crippen LogP contribution is -2.53. The van der Waals surface area contributed by atoms with Crippen LogP contribution in [-0.2, 0) is 20.9 Å². The van der Waals surface area contributed by atoms with Gasteiger partial charge in [0.25, 0.3) is 0 Å². The van der Waals surface area contributed by atoms with Crippen LogP contribution in [0.25, 0.3) is 22.3 Å². The summed E-state index contributed by atoms with van der Waals surface area (Å²) in [5, 5.41) is 5.87. The number of alkyl carbamates (subject to hydrolysis) is 1. The zero-order chi connectivity index (χ0) is 38.1. The SMILES string of the molecule is COC(=O)N[C@H](C(=O)N1CCC[C@H]1C1=NC=C(c2ccc(-c3ccc(C4=CN=C(C5C6CCC(C6)[C@@H]5C(=O)NCc5cnccn5)C4)cc3)cc2)C1)C(C)C. The van der Waals surface area contributed by atoms with Crippen molar-refractivity contribution in [3.63, 3.8) is 0 Å². The van der Waals surface area contributed by atoms with Crippen LogP contribution in [0, 0.1) is 29.6 Å². The molecule has 3 fully saturated rings. The van der Waals surface area contributed by atoms with Gasteiger partial charge in [0.2, 0.25) is 11.8 Å². The highest BCUT2D eigenvalue weighted by Crippen LogP contribution is 2.54. The minimum atomic E-state index is -0.647. The number of aromatic nitrogens is 2. The van der Waals surface area contributed by atoms with Gasteiger partial charge in [-0.25, -0.2) is 4.79 Å². The molecule has 0 radical (unpaired) electrons. The first kappa shape index (κ1) is 36.5. The third kappa shape index (κ3) is 7.49. The zero-order valence-corrected chi connectivity index (χ0v) is 31.8. The van der Waals surface area contributed by atoms with Crippen LogP contribution in [0.5, 0.6) is 0 Å². The lowest BCUT2D eigenvalue weighted by Gasteiger charge is -2.31. The number of aliphatic imine (C=N–C) groups is 2. The molecule has 284 valence electrons. The average Bonchev–Trinajstić information content (AvgIpc) is 4.07. The number of rotatable bonds is 11. The Morgan fingerprint density at radius 2 is 1.47 bits per heavy atom. The van der Waals surface area contributed by atoms with Crippen molar-refractivity contribution in [2.45, 2.75) is 77.4 Å². The number of carbonyl (C=O) groups excluding carboxylic acids is 3. The minimum absolute atomic E-state index is 0.0358. The van der Waals surface area contributed by atoms with Crippen LogP contribution in [-0.4, -0.2) is 69.9 Å². The van der Waals surface area contributed by atoms with Crippen molar-refractivity contribution >= 4 is 40.5 Å². The van der Waals surface area contributed by atoms with Crippen LogP contribution >= 0.6 is 0 Å². The van der Waals surface area contributed by atoms with Crippen LogP contribution in [0.15, 0.2) is 89.5 Å². The average molecular weight is 740 g/mol. The summed E-state index contributed by atoms with van der Waals surface area (Å²) in [6.07, 6.45) is 15.0. The molecule has 11 heteroatoms. The Morgan fingerprint density at radius 3 is 2.11 bits per heavy atom. The smallest absolute Gasteiger partial charge is 0.407 e. The number of hydrogen-bond donors (Lipinski definition) is 2. The van der Waals surface area contributed by atoms with Gasteiger partial charge in [-0.05, 0) is 83.3 Å². The van der Waals surface area contributed by atoms with Gasteiger partial charge in [-0.1, -0.05) is 62.4 Å². The number of likely N-dealkylation sites (tertiary alicyclic amines) is 1. The summed E-state index contributed by atoms with van der Waals surface area (Å²) < 4.78 is 4.78. The number of nitrogens with one attached hydrogen (secondary N) is 2. The van der Waals surface area contributed by atoms with Gasteiger partial charge in [0.05, 0.1) is 31.6 Å². The molecule has 4 heterocycles. The van der Waals surface area contributed by atoms with Gasteiger partial charge in [0.1, 0.15) is 6.04 Å². The predicted octanol–water partition coefficient (Wildman–Crippen LogP) is 6.87. The Kier molecular flexibility index (Phi) is 10.4. The second-order valence-corrected chi connectivity index (χ2v) is 15.9. The van der Waals surface area contributed by atoms with Crippen LogP contribution in [0.4, 0.5) is 4.79 Å². The molecule has 11 nitrogen and oxygen atoms in total. The van der Waals surface area contributed by atoms with Gasteiger partial charge in [-0.2, -0.15) is 0 Å². The number of ether oxygens (including phenoxy) is 1. The molecule has 2 saturated carbocycles. The molecule has 3 aliphatic heterocycles. The number of nitrogens with zero attached hydrogens (tertiary/aromatic N) is 5. The van der Waals surface area contributed by atoms with E-state index in [-0.39, 0.29) is 35.6 Å². The maximum atomic E-state index is 13.6. The van der Waals surface area contributed by atoms with Crippen LogP contribution in [0.2, 0.25) is 0 Å². The lowest BCUT2D eigenvalue weighted by molar-refractivity contribution is -0.134. The molecule has 2 bridgehead atoms. The fourth-order valence-electron chi connectivity index (χ4n) is 9.53. The van der Waals surface area contributed by atoms with Gasteiger partial charge in [0, 0.05) is 67.4 Å². The maximum Gasteiger partial charge on any atom is 0.407 e. The molecule has 1 saturated heterocycles. The highest BCUT2D eigenvalue weighted by Gasteiger charge is 2.52. The molecule has 55 heavy (non-hydrogen) atoms. The first-order valence-electron chi connectivity index (χ1n) is 19.7. The van der Waals surface area contributed by atoms with E-state index in [1.807, 2.05) is 31.1 Å². The first-order chi connectivity index (χ1) is 26.8. The molecule has 3 aromatic rings. The van der Waals surface area contributed by atoms with E-state index >= 15 is 0 Å². The molecule has 2 aromatic carbocycles. The van der Waals surface area contributed by atoms with E-state index in [4.69, 9.17) is 14.7 Å². The number of benzene rings is 2. The Morgan fingerprint density at radius 1 is 0.836 bits per heavy atom. The normalized spacial score (nSPS) is 24.7. The van der Waals surface area contributed by atoms with Gasteiger partial charge >= 0.3 is 6.09 Å². The summed E-state index contributed by atoms with van der Waals surface area (Å²) in [4.78, 5) is 59.1. The summed E-state index contributed by atoms with van der Waals surface area (Å²) >= 11 is 0. The van der Waals surface area contributed by atoms with Crippen molar-refractivity contribution in [2.24, 2.45) is 39.6 Å². The van der Waals surface area contributed by atoms with Crippen molar-refractivity contribution in [3.8, 4) is 11.1 Å². The lowest BCUT2D eigenvalue weighted by atomic mass is 9.75. The van der Waals surface area contributed by atoms with E-state index in [1.54, 1.807) is 18.6 Å². The van der Waals surface area contributed by atoms with Crippen LogP contribution in [0.3, 0.4) is 0 Å². The van der Waals surface area contributed by atoms with Gasteiger partial charge < -0.3 is 20.3 Å². The quantitative estimate of drug-likeness (QED) is 0.220. The van der Waals surface area contributed by atoms with E-state index in [0.717, 1.165) is 77.0 Å². The van der Waals surface area contributed by atoms with Crippen molar-refractivity contribution in [1.29, 1.82) is 0 Å². The first-order valence-corrected chi connectivity index (χ1v) is 19.7. The number of amides is 3. The molecule has 0 spiro atoms. The number of allylic oxidation sites excluding steroid dienone is 2. The fourth-order valence-corrected chi connectivity index (χ4v) is 9.53. The number of fused-ring (bicyclic) bond motifs is 2. The molecule has 1 aromatic heterocycles. The summed E-state index contributed by atoms with van der Waals surface area (Å²) in [7, 11) is 1.31. The Balaban J connectivity index is 0.863. The van der Waals surface area contributed by atoms with Crippen molar-refractivity contribution in [3.05, 3.63) is 96.3 Å². The van der Waals surface area contributed by atoms with Gasteiger partial charge in [0.15, 0.2) is 0 Å². The third-order valence-corrected chi connectivity index (χ3v) is 12.3. The molecule has 2 aliphatic carbocycles. The Hall–Kier alpha value is -5.45. The van der Waals surface area contributed by atoms with Crippen LogP contribution < -0.4 is 10.6 Å². The molecule has 6 atom stereocenters. The second-order valence-electron chi connectivity index (χ2n) is 15.9. The largest absolute Gasteiger partial charge is 0.453 e. The van der Waals surface area contributed by atoms with E-state index in [9.17, 15) is 14.4 Å². The topological polar surface area (TPSA) is 138 Å². The highest BCUT2D eigenvalue weighted by atomic mass is 16.5. The van der Waals surface area contributed by atoms with Crippen LogP contribution in [0.1, 0.15) is 75.6 Å². The van der Waals surface area contributed by atoms with E-state index < -0.39 is 12.1 Å². The van der Waals surface area contributed by atoms with Gasteiger partial charge in [-0.15, -0.1) is 0 Å². The fraction of sp³-hybridized carbons (Fsp3) is 0.432. The Labute approximate surface area is 322 Å². The molecule has 3 amide bonds. The predicted molar refractivity (Wildman–Crippen MR) is 213 cm³/mol. The molecular formula is C44H49N7O4. The molecule has 5 aliphatic rings. The van der Waals surface area contributed by atoms with Gasteiger partial charge in [-0.3, -0.25) is 29.5 Å². The van der Waals surface area contributed by atoms with Crippen molar-refractivity contribution in [2.75, 3.05) is 13.7 Å². The minimum Gasteiger partial charge on any atom is -0.453 e. The Bertz CT molecular complexity index is 2060. The summed E-state index contributed by atoms with van der Waals surface area (Å²) in [5.41, 5.74) is 9.79. The summed E-state index contributed by atoms with van der Waals surface area (Å²) in [5.74, 6) is 1.05. The summed E-state index contributed by atoms with van der Waals surface area (Å²) in [6, 6.07) is 16.6. The van der Waals surface area contributed by atoms with Crippen molar-refractivity contribution in [1.82, 2.24) is 25.5 Å². The number of methoxy groups -OCH3 is 1. The number of carbonyl (C=O) groups is 3. The highest BCUT2D eigenvalue weighted by molar-refractivity contribution is 6.04.